The lowest BCUT2D eigenvalue weighted by Crippen LogP contribution is -2.36. The van der Waals surface area contributed by atoms with Crippen molar-refractivity contribution in [3.63, 3.8) is 0 Å². The molecule has 0 radical (unpaired) electrons. The van der Waals surface area contributed by atoms with Crippen molar-refractivity contribution in [2.75, 3.05) is 30.2 Å². The van der Waals surface area contributed by atoms with Gasteiger partial charge >= 0.3 is 6.18 Å². The molecule has 0 bridgehead atoms. The minimum atomic E-state index is -4.51. The molecule has 8 heteroatoms. The number of hydrazine groups is 2. The van der Waals surface area contributed by atoms with Gasteiger partial charge in [-0.25, -0.2) is 0 Å². The Morgan fingerprint density at radius 3 is 2.24 bits per heavy atom. The van der Waals surface area contributed by atoms with Crippen LogP contribution in [0.3, 0.4) is 0 Å². The number of halogens is 3. The maximum Gasteiger partial charge on any atom is 0.418 e. The zero-order valence-corrected chi connectivity index (χ0v) is 15.8. The maximum absolute atomic E-state index is 13.5. The Labute approximate surface area is 166 Å². The maximum atomic E-state index is 13.5. The van der Waals surface area contributed by atoms with Crippen molar-refractivity contribution in [1.29, 1.82) is 0 Å². The Morgan fingerprint density at radius 1 is 0.793 bits per heavy atom. The second-order valence-corrected chi connectivity index (χ2v) is 6.01. The molecule has 0 heterocycles. The number of nitrogens with one attached hydrogen (secondary N) is 2. The molecule has 0 fully saturated rings. The van der Waals surface area contributed by atoms with Crippen LogP contribution >= 0.6 is 0 Å². The third-order valence-electron chi connectivity index (χ3n) is 4.10. The highest BCUT2D eigenvalue weighted by molar-refractivity contribution is 5.68. The van der Waals surface area contributed by atoms with Crippen molar-refractivity contribution in [3.8, 4) is 11.5 Å². The van der Waals surface area contributed by atoms with Gasteiger partial charge in [0.15, 0.2) is 0 Å². The predicted octanol–water partition coefficient (Wildman–Crippen LogP) is 5.58. The first-order valence-electron chi connectivity index (χ1n) is 8.69. The number of benzene rings is 3. The summed E-state index contributed by atoms with van der Waals surface area (Å²) in [5.41, 5.74) is 6.08. The molecular weight excluding hydrogens is 383 g/mol. The van der Waals surface area contributed by atoms with Gasteiger partial charge in [0, 0.05) is 6.07 Å². The summed E-state index contributed by atoms with van der Waals surface area (Å²) in [6, 6.07) is 19.2. The number of hydrogen-bond acceptors (Lipinski definition) is 5. The molecule has 0 aliphatic heterocycles. The number of rotatable bonds is 7. The largest absolute Gasteiger partial charge is 0.497 e. The van der Waals surface area contributed by atoms with Gasteiger partial charge in [0.25, 0.3) is 0 Å². The van der Waals surface area contributed by atoms with E-state index in [1.54, 1.807) is 48.5 Å². The quantitative estimate of drug-likeness (QED) is 0.504. The van der Waals surface area contributed by atoms with Crippen LogP contribution in [0.4, 0.5) is 30.2 Å². The molecule has 152 valence electrons. The first-order valence-corrected chi connectivity index (χ1v) is 8.69. The van der Waals surface area contributed by atoms with E-state index >= 15 is 0 Å². The van der Waals surface area contributed by atoms with Crippen molar-refractivity contribution >= 4 is 17.1 Å². The SMILES string of the molecule is COc1cccc(NN(Nc2ccccc2C(F)(F)F)c2ccccc2OC)c1. The Bertz CT molecular complexity index is 964. The van der Waals surface area contributed by atoms with Gasteiger partial charge < -0.3 is 9.47 Å². The Balaban J connectivity index is 2.02. The van der Waals surface area contributed by atoms with Gasteiger partial charge in [-0.15, -0.1) is 0 Å². The normalized spacial score (nSPS) is 10.9. The van der Waals surface area contributed by atoms with E-state index in [-0.39, 0.29) is 5.69 Å². The van der Waals surface area contributed by atoms with Crippen LogP contribution in [0.1, 0.15) is 5.56 Å². The van der Waals surface area contributed by atoms with Crippen LogP contribution in [0.25, 0.3) is 0 Å². The van der Waals surface area contributed by atoms with Crippen molar-refractivity contribution in [1.82, 2.24) is 0 Å². The highest BCUT2D eigenvalue weighted by atomic mass is 19.4. The summed E-state index contributed by atoms with van der Waals surface area (Å²) in [5.74, 6) is 1.07. The molecule has 0 aliphatic rings. The van der Waals surface area contributed by atoms with Gasteiger partial charge in [-0.1, -0.05) is 30.3 Å². The lowest BCUT2D eigenvalue weighted by Gasteiger charge is -2.30. The fourth-order valence-corrected chi connectivity index (χ4v) is 2.73. The van der Waals surface area contributed by atoms with E-state index in [0.29, 0.717) is 22.9 Å². The summed E-state index contributed by atoms with van der Waals surface area (Å²) in [4.78, 5) is 0. The summed E-state index contributed by atoms with van der Waals surface area (Å²) in [6.45, 7) is 0. The smallest absolute Gasteiger partial charge is 0.418 e. The van der Waals surface area contributed by atoms with E-state index in [0.717, 1.165) is 6.07 Å². The molecule has 0 aliphatic carbocycles. The number of hydrogen-bond donors (Lipinski definition) is 2. The summed E-state index contributed by atoms with van der Waals surface area (Å²) < 4.78 is 50.9. The van der Waals surface area contributed by atoms with Crippen LogP contribution in [0.2, 0.25) is 0 Å². The van der Waals surface area contributed by atoms with Crippen molar-refractivity contribution in [3.05, 3.63) is 78.4 Å². The second-order valence-electron chi connectivity index (χ2n) is 6.01. The minimum absolute atomic E-state index is 0.110. The van der Waals surface area contributed by atoms with Gasteiger partial charge in [-0.3, -0.25) is 10.9 Å². The van der Waals surface area contributed by atoms with E-state index in [4.69, 9.17) is 9.47 Å². The van der Waals surface area contributed by atoms with E-state index in [2.05, 4.69) is 10.9 Å². The van der Waals surface area contributed by atoms with Crippen LogP contribution in [0.15, 0.2) is 72.8 Å². The fourth-order valence-electron chi connectivity index (χ4n) is 2.73. The molecule has 0 amide bonds. The van der Waals surface area contributed by atoms with Crippen LogP contribution < -0.4 is 25.4 Å². The third kappa shape index (κ3) is 4.84. The molecule has 29 heavy (non-hydrogen) atoms. The van der Waals surface area contributed by atoms with Gasteiger partial charge in [0.1, 0.15) is 17.2 Å². The Morgan fingerprint density at radius 2 is 1.52 bits per heavy atom. The van der Waals surface area contributed by atoms with Crippen LogP contribution in [0.5, 0.6) is 11.5 Å². The average Bonchev–Trinajstić information content (AvgIpc) is 2.73. The van der Waals surface area contributed by atoms with Gasteiger partial charge in [0.05, 0.1) is 31.2 Å². The molecule has 0 unspecified atom stereocenters. The van der Waals surface area contributed by atoms with Crippen LogP contribution in [0, 0.1) is 0 Å². The molecule has 5 nitrogen and oxygen atoms in total. The molecule has 3 aromatic carbocycles. The molecule has 3 aromatic rings. The van der Waals surface area contributed by atoms with Gasteiger partial charge in [0.2, 0.25) is 0 Å². The molecule has 0 spiro atoms. The van der Waals surface area contributed by atoms with Crippen molar-refractivity contribution < 1.29 is 22.6 Å². The Hall–Kier alpha value is -3.55. The summed E-state index contributed by atoms with van der Waals surface area (Å²) in [5, 5.41) is 1.37. The topological polar surface area (TPSA) is 45.8 Å². The first kappa shape index (κ1) is 20.2. The zero-order valence-electron chi connectivity index (χ0n) is 15.8. The molecule has 0 saturated heterocycles. The molecule has 2 N–H and O–H groups in total. The molecule has 0 aromatic heterocycles. The standard InChI is InChI=1S/C21H20F3N3O2/c1-28-16-9-7-8-15(14-16)25-27(19-12-5-6-13-20(19)29-2)26-18-11-4-3-10-17(18)21(22,23)24/h3-14,25-26H,1-2H3. The predicted molar refractivity (Wildman–Crippen MR) is 107 cm³/mol. The average molecular weight is 403 g/mol. The lowest BCUT2D eigenvalue weighted by molar-refractivity contribution is -0.136. The fraction of sp³-hybridized carbons (Fsp3) is 0.143. The summed E-state index contributed by atoms with van der Waals surface area (Å²) >= 11 is 0. The van der Waals surface area contributed by atoms with Crippen LogP contribution in [-0.4, -0.2) is 14.2 Å². The van der Waals surface area contributed by atoms with E-state index < -0.39 is 11.7 Å². The summed E-state index contributed by atoms with van der Waals surface area (Å²) in [7, 11) is 3.03. The molecule has 3 rings (SSSR count). The number of para-hydroxylation sites is 3. The molecule has 0 saturated carbocycles. The highest BCUT2D eigenvalue weighted by Crippen LogP contribution is 2.36. The first-order chi connectivity index (χ1) is 13.9. The van der Waals surface area contributed by atoms with Crippen molar-refractivity contribution in [2.24, 2.45) is 0 Å². The van der Waals surface area contributed by atoms with Crippen LogP contribution in [-0.2, 0) is 6.18 Å². The minimum Gasteiger partial charge on any atom is -0.497 e. The van der Waals surface area contributed by atoms with E-state index in [9.17, 15) is 13.2 Å². The van der Waals surface area contributed by atoms with E-state index in [1.807, 2.05) is 0 Å². The lowest BCUT2D eigenvalue weighted by atomic mass is 10.2. The van der Waals surface area contributed by atoms with Gasteiger partial charge in [-0.2, -0.15) is 18.3 Å². The monoisotopic (exact) mass is 403 g/mol. The highest BCUT2D eigenvalue weighted by Gasteiger charge is 2.33. The number of alkyl halides is 3. The number of ether oxygens (including phenoxy) is 2. The third-order valence-corrected chi connectivity index (χ3v) is 4.10. The van der Waals surface area contributed by atoms with E-state index in [1.165, 1.54) is 37.5 Å². The summed E-state index contributed by atoms with van der Waals surface area (Å²) in [6.07, 6.45) is -4.51. The Kier molecular flexibility index (Phi) is 6.01. The van der Waals surface area contributed by atoms with Gasteiger partial charge in [-0.05, 0) is 36.4 Å². The number of methoxy groups -OCH3 is 2. The second kappa shape index (κ2) is 8.64. The number of anilines is 3. The zero-order chi connectivity index (χ0) is 20.9. The van der Waals surface area contributed by atoms with Crippen molar-refractivity contribution in [2.45, 2.75) is 6.18 Å². The molecule has 0 atom stereocenters. The molecular formula is C21H20F3N3O2. The number of nitrogens with zero attached hydrogens (tertiary/aromatic N) is 1.